The van der Waals surface area contributed by atoms with E-state index in [-0.39, 0.29) is 5.78 Å². The Kier molecular flexibility index (Phi) is 3.38. The monoisotopic (exact) mass is 272 g/mol. The SMILES string of the molecule is CCc1ccc(COc2ccc3c(c2)CCC3=O)s1. The summed E-state index contributed by atoms with van der Waals surface area (Å²) in [5.74, 6) is 1.12. The van der Waals surface area contributed by atoms with Crippen LogP contribution in [0, 0.1) is 0 Å². The molecule has 0 bridgehead atoms. The molecule has 19 heavy (non-hydrogen) atoms. The lowest BCUT2D eigenvalue weighted by Gasteiger charge is -2.06. The molecule has 2 nitrogen and oxygen atoms in total. The van der Waals surface area contributed by atoms with Crippen LogP contribution in [0.25, 0.3) is 0 Å². The lowest BCUT2D eigenvalue weighted by atomic mass is 10.1. The molecule has 0 N–H and O–H groups in total. The zero-order valence-electron chi connectivity index (χ0n) is 10.9. The summed E-state index contributed by atoms with van der Waals surface area (Å²) in [6, 6.07) is 10.1. The first-order valence-corrected chi connectivity index (χ1v) is 7.44. The van der Waals surface area contributed by atoms with Crippen LogP contribution in [0.1, 0.15) is 39.0 Å². The third kappa shape index (κ3) is 2.56. The predicted molar refractivity (Wildman–Crippen MR) is 77.1 cm³/mol. The maximum absolute atomic E-state index is 11.6. The number of thiophene rings is 1. The van der Waals surface area contributed by atoms with Gasteiger partial charge in [-0.1, -0.05) is 6.92 Å². The van der Waals surface area contributed by atoms with Crippen LogP contribution >= 0.6 is 11.3 Å². The number of ketones is 1. The van der Waals surface area contributed by atoms with Gasteiger partial charge in [0.1, 0.15) is 12.4 Å². The summed E-state index contributed by atoms with van der Waals surface area (Å²) in [5.41, 5.74) is 2.00. The normalized spacial score (nSPS) is 13.6. The Hall–Kier alpha value is -1.61. The number of fused-ring (bicyclic) bond motifs is 1. The van der Waals surface area contributed by atoms with Crippen LogP contribution in [0.5, 0.6) is 5.75 Å². The zero-order valence-corrected chi connectivity index (χ0v) is 11.8. The highest BCUT2D eigenvalue weighted by Gasteiger charge is 2.19. The lowest BCUT2D eigenvalue weighted by molar-refractivity contribution is 0.0994. The lowest BCUT2D eigenvalue weighted by Crippen LogP contribution is -1.95. The van der Waals surface area contributed by atoms with Gasteiger partial charge in [-0.05, 0) is 48.7 Å². The summed E-state index contributed by atoms with van der Waals surface area (Å²) < 4.78 is 5.81. The Bertz CT molecular complexity index is 613. The highest BCUT2D eigenvalue weighted by molar-refractivity contribution is 7.11. The van der Waals surface area contributed by atoms with Gasteiger partial charge in [-0.25, -0.2) is 0 Å². The van der Waals surface area contributed by atoms with Gasteiger partial charge in [0.05, 0.1) is 0 Å². The van der Waals surface area contributed by atoms with Crippen molar-refractivity contribution in [3.05, 3.63) is 51.2 Å². The van der Waals surface area contributed by atoms with Crippen LogP contribution in [0.3, 0.4) is 0 Å². The quantitative estimate of drug-likeness (QED) is 0.840. The van der Waals surface area contributed by atoms with E-state index >= 15 is 0 Å². The number of benzene rings is 1. The molecule has 1 aliphatic rings. The van der Waals surface area contributed by atoms with Crippen molar-refractivity contribution in [2.24, 2.45) is 0 Å². The van der Waals surface area contributed by atoms with Crippen LogP contribution in [-0.4, -0.2) is 5.78 Å². The maximum Gasteiger partial charge on any atom is 0.163 e. The van der Waals surface area contributed by atoms with Gasteiger partial charge in [-0.15, -0.1) is 11.3 Å². The summed E-state index contributed by atoms with van der Waals surface area (Å²) in [6.45, 7) is 2.77. The van der Waals surface area contributed by atoms with Crippen LogP contribution in [0.4, 0.5) is 0 Å². The fourth-order valence-electron chi connectivity index (χ4n) is 2.37. The largest absolute Gasteiger partial charge is 0.488 e. The summed E-state index contributed by atoms with van der Waals surface area (Å²) in [6.07, 6.45) is 2.57. The zero-order chi connectivity index (χ0) is 13.2. The first kappa shape index (κ1) is 12.4. The first-order chi connectivity index (χ1) is 9.26. The number of rotatable bonds is 4. The second kappa shape index (κ2) is 5.17. The second-order valence-corrected chi connectivity index (χ2v) is 6.01. The molecule has 1 aromatic heterocycles. The molecular formula is C16H16O2S. The summed E-state index contributed by atoms with van der Waals surface area (Å²) in [5, 5.41) is 0. The molecule has 0 atom stereocenters. The Labute approximate surface area is 117 Å². The van der Waals surface area contributed by atoms with E-state index in [1.807, 2.05) is 18.2 Å². The second-order valence-electron chi connectivity index (χ2n) is 4.75. The molecule has 0 radical (unpaired) electrons. The molecule has 1 heterocycles. The van der Waals surface area contributed by atoms with Crippen molar-refractivity contribution in [2.45, 2.75) is 32.8 Å². The number of carbonyl (C=O) groups excluding carboxylic acids is 1. The summed E-state index contributed by atoms with van der Waals surface area (Å²) >= 11 is 1.80. The molecule has 0 saturated heterocycles. The van der Waals surface area contributed by atoms with Gasteiger partial charge >= 0.3 is 0 Å². The molecule has 0 saturated carbocycles. The number of ether oxygens (including phenoxy) is 1. The molecule has 0 aliphatic heterocycles. The van der Waals surface area contributed by atoms with Crippen LogP contribution in [0.15, 0.2) is 30.3 Å². The van der Waals surface area contributed by atoms with E-state index in [4.69, 9.17) is 4.74 Å². The van der Waals surface area contributed by atoms with E-state index in [2.05, 4.69) is 19.1 Å². The van der Waals surface area contributed by atoms with Crippen LogP contribution in [-0.2, 0) is 19.4 Å². The van der Waals surface area contributed by atoms with Crippen LogP contribution < -0.4 is 4.74 Å². The highest BCUT2D eigenvalue weighted by Crippen LogP contribution is 2.27. The maximum atomic E-state index is 11.6. The molecule has 0 unspecified atom stereocenters. The van der Waals surface area contributed by atoms with Gasteiger partial charge in [0.25, 0.3) is 0 Å². The smallest absolute Gasteiger partial charge is 0.163 e. The Balaban J connectivity index is 1.69. The van der Waals surface area contributed by atoms with E-state index in [0.717, 1.165) is 29.7 Å². The van der Waals surface area contributed by atoms with Crippen molar-refractivity contribution in [2.75, 3.05) is 0 Å². The molecular weight excluding hydrogens is 256 g/mol. The van der Waals surface area contributed by atoms with Gasteiger partial charge in [0.15, 0.2) is 5.78 Å². The number of Topliss-reactive ketones (excluding diaryl/α,β-unsaturated/α-hetero) is 1. The minimum absolute atomic E-state index is 0.257. The molecule has 1 aliphatic carbocycles. The van der Waals surface area contributed by atoms with Gasteiger partial charge in [0.2, 0.25) is 0 Å². The number of aryl methyl sites for hydroxylation is 2. The fraction of sp³-hybridized carbons (Fsp3) is 0.312. The van der Waals surface area contributed by atoms with E-state index in [9.17, 15) is 4.79 Å². The van der Waals surface area contributed by atoms with Crippen molar-refractivity contribution in [3.8, 4) is 5.75 Å². The van der Waals surface area contributed by atoms with Crippen molar-refractivity contribution in [1.29, 1.82) is 0 Å². The third-order valence-corrected chi connectivity index (χ3v) is 4.65. The topological polar surface area (TPSA) is 26.3 Å². The average molecular weight is 272 g/mol. The van der Waals surface area contributed by atoms with Crippen molar-refractivity contribution in [1.82, 2.24) is 0 Å². The Morgan fingerprint density at radius 2 is 2.00 bits per heavy atom. The van der Waals surface area contributed by atoms with Crippen molar-refractivity contribution < 1.29 is 9.53 Å². The number of carbonyl (C=O) groups is 1. The highest BCUT2D eigenvalue weighted by atomic mass is 32.1. The molecule has 0 spiro atoms. The number of hydrogen-bond donors (Lipinski definition) is 0. The molecule has 3 heteroatoms. The van der Waals surface area contributed by atoms with Gasteiger partial charge in [-0.3, -0.25) is 4.79 Å². The van der Waals surface area contributed by atoms with E-state index in [0.29, 0.717) is 13.0 Å². The minimum Gasteiger partial charge on any atom is -0.488 e. The van der Waals surface area contributed by atoms with Gasteiger partial charge < -0.3 is 4.74 Å². The predicted octanol–water partition coefficient (Wildman–Crippen LogP) is 4.02. The van der Waals surface area contributed by atoms with E-state index in [1.165, 1.54) is 9.75 Å². The summed E-state index contributed by atoms with van der Waals surface area (Å²) in [7, 11) is 0. The Morgan fingerprint density at radius 3 is 2.79 bits per heavy atom. The Morgan fingerprint density at radius 1 is 1.16 bits per heavy atom. The first-order valence-electron chi connectivity index (χ1n) is 6.63. The van der Waals surface area contributed by atoms with E-state index < -0.39 is 0 Å². The minimum atomic E-state index is 0.257. The molecule has 0 fully saturated rings. The standard InChI is InChI=1S/C16H16O2S/c1-2-13-5-6-14(19-13)10-18-12-4-7-15-11(9-12)3-8-16(15)17/h4-7,9H,2-3,8,10H2,1H3. The molecule has 2 aromatic rings. The summed E-state index contributed by atoms with van der Waals surface area (Å²) in [4.78, 5) is 14.2. The van der Waals surface area contributed by atoms with Crippen molar-refractivity contribution >= 4 is 17.1 Å². The fourth-order valence-corrected chi connectivity index (χ4v) is 3.24. The molecule has 0 amide bonds. The molecule has 98 valence electrons. The van der Waals surface area contributed by atoms with E-state index in [1.54, 1.807) is 11.3 Å². The van der Waals surface area contributed by atoms with Gasteiger partial charge in [-0.2, -0.15) is 0 Å². The van der Waals surface area contributed by atoms with Gasteiger partial charge in [0, 0.05) is 21.7 Å². The molecule has 1 aromatic carbocycles. The number of hydrogen-bond acceptors (Lipinski definition) is 3. The van der Waals surface area contributed by atoms with Crippen molar-refractivity contribution in [3.63, 3.8) is 0 Å². The average Bonchev–Trinajstić information content (AvgIpc) is 3.03. The third-order valence-electron chi connectivity index (χ3n) is 3.45. The molecule has 3 rings (SSSR count). The van der Waals surface area contributed by atoms with Crippen LogP contribution in [0.2, 0.25) is 0 Å².